The molecule has 1 saturated heterocycles. The minimum Gasteiger partial charge on any atom is -0.391 e. The normalized spacial score (nSPS) is 24.1. The van der Waals surface area contributed by atoms with Crippen LogP contribution in [0.4, 0.5) is 4.39 Å². The molecule has 5 heteroatoms. The molecule has 1 aliphatic rings. The van der Waals surface area contributed by atoms with Crippen molar-refractivity contribution in [1.82, 2.24) is 10.6 Å². The highest BCUT2D eigenvalue weighted by Gasteiger charge is 2.41. The third-order valence-corrected chi connectivity index (χ3v) is 3.32. The molecule has 0 radical (unpaired) electrons. The number of amides is 1. The zero-order valence-corrected chi connectivity index (χ0v) is 10.7. The number of halogens is 1. The van der Waals surface area contributed by atoms with Gasteiger partial charge in [-0.15, -0.1) is 0 Å². The van der Waals surface area contributed by atoms with E-state index in [1.165, 1.54) is 0 Å². The van der Waals surface area contributed by atoms with Gasteiger partial charge in [0.15, 0.2) is 0 Å². The molecule has 4 nitrogen and oxygen atoms in total. The summed E-state index contributed by atoms with van der Waals surface area (Å²) in [5.41, 5.74) is -0.839. The van der Waals surface area contributed by atoms with Crippen LogP contribution >= 0.6 is 0 Å². The van der Waals surface area contributed by atoms with Gasteiger partial charge in [0.05, 0.1) is 6.10 Å². The van der Waals surface area contributed by atoms with Crippen LogP contribution in [0.3, 0.4) is 0 Å². The van der Waals surface area contributed by atoms with Gasteiger partial charge >= 0.3 is 0 Å². The number of alkyl halides is 1. The van der Waals surface area contributed by atoms with E-state index < -0.39 is 17.7 Å². The highest BCUT2D eigenvalue weighted by Crippen LogP contribution is 2.19. The maximum Gasteiger partial charge on any atom is 0.259 e. The predicted octanol–water partition coefficient (Wildman–Crippen LogP) is 0.408. The van der Waals surface area contributed by atoms with E-state index in [4.69, 9.17) is 0 Å². The maximum atomic E-state index is 14.0. The van der Waals surface area contributed by atoms with Gasteiger partial charge in [-0.3, -0.25) is 4.79 Å². The van der Waals surface area contributed by atoms with Crippen molar-refractivity contribution < 1.29 is 14.3 Å². The van der Waals surface area contributed by atoms with Gasteiger partial charge in [-0.1, -0.05) is 30.3 Å². The number of hydrogen-bond donors (Lipinski definition) is 3. The molecule has 1 amide bonds. The number of carbonyl (C=O) groups excluding carboxylic acids is 1. The van der Waals surface area contributed by atoms with Crippen LogP contribution in [0, 0.1) is 0 Å². The molecule has 2 unspecified atom stereocenters. The molecule has 2 rings (SSSR count). The van der Waals surface area contributed by atoms with Crippen LogP contribution in [0.5, 0.6) is 0 Å². The van der Waals surface area contributed by atoms with Crippen LogP contribution in [-0.4, -0.2) is 42.4 Å². The van der Waals surface area contributed by atoms with E-state index in [2.05, 4.69) is 10.6 Å². The van der Waals surface area contributed by atoms with Crippen LogP contribution < -0.4 is 10.6 Å². The summed E-state index contributed by atoms with van der Waals surface area (Å²) in [5, 5.41) is 15.1. The van der Waals surface area contributed by atoms with E-state index in [1.807, 2.05) is 30.3 Å². The number of benzene rings is 1. The Kier molecular flexibility index (Phi) is 4.50. The van der Waals surface area contributed by atoms with Crippen molar-refractivity contribution in [3.05, 3.63) is 35.9 Å². The summed E-state index contributed by atoms with van der Waals surface area (Å²) in [6.45, 7) is 0.628. The number of aliphatic hydroxyl groups is 1. The lowest BCUT2D eigenvalue weighted by Gasteiger charge is -2.19. The fraction of sp³-hybridized carbons (Fsp3) is 0.500. The zero-order chi connectivity index (χ0) is 13.7. The van der Waals surface area contributed by atoms with Crippen molar-refractivity contribution in [2.24, 2.45) is 0 Å². The van der Waals surface area contributed by atoms with Gasteiger partial charge in [-0.05, 0) is 12.1 Å². The van der Waals surface area contributed by atoms with Crippen molar-refractivity contribution in [3.63, 3.8) is 0 Å². The topological polar surface area (TPSA) is 61.4 Å². The van der Waals surface area contributed by atoms with Crippen molar-refractivity contribution in [1.29, 1.82) is 0 Å². The Morgan fingerprint density at radius 1 is 1.47 bits per heavy atom. The lowest BCUT2D eigenvalue weighted by molar-refractivity contribution is -0.132. The van der Waals surface area contributed by atoms with Crippen molar-refractivity contribution in [2.45, 2.75) is 24.6 Å². The smallest absolute Gasteiger partial charge is 0.259 e. The number of rotatable bonds is 5. The molecule has 3 N–H and O–H groups in total. The van der Waals surface area contributed by atoms with Gasteiger partial charge in [0.25, 0.3) is 5.91 Å². The Labute approximate surface area is 112 Å². The Hall–Kier alpha value is -1.46. The first-order valence-corrected chi connectivity index (χ1v) is 6.50. The van der Waals surface area contributed by atoms with E-state index in [0.29, 0.717) is 13.0 Å². The standard InChI is InChI=1S/C14H19FN2O2/c15-14(6-7-16-10-14)13(19)17-9-12(18)8-11-4-2-1-3-5-11/h1-5,12,16,18H,6-10H2,(H,17,19). The average molecular weight is 266 g/mol. The second-order valence-corrected chi connectivity index (χ2v) is 4.95. The Morgan fingerprint density at radius 3 is 2.84 bits per heavy atom. The fourth-order valence-corrected chi connectivity index (χ4v) is 2.18. The second kappa shape index (κ2) is 6.12. The molecule has 19 heavy (non-hydrogen) atoms. The Balaban J connectivity index is 1.77. The molecule has 0 spiro atoms. The van der Waals surface area contributed by atoms with Crippen LogP contribution in [0.1, 0.15) is 12.0 Å². The van der Waals surface area contributed by atoms with Gasteiger partial charge in [-0.25, -0.2) is 4.39 Å². The summed E-state index contributed by atoms with van der Waals surface area (Å²) < 4.78 is 14.0. The molecule has 1 aromatic rings. The lowest BCUT2D eigenvalue weighted by atomic mass is 10.0. The third kappa shape index (κ3) is 3.75. The van der Waals surface area contributed by atoms with Crippen LogP contribution in [0.25, 0.3) is 0 Å². The van der Waals surface area contributed by atoms with Crippen molar-refractivity contribution in [3.8, 4) is 0 Å². The SMILES string of the molecule is O=C(NCC(O)Cc1ccccc1)C1(F)CCNC1. The quantitative estimate of drug-likeness (QED) is 0.723. The summed E-state index contributed by atoms with van der Waals surface area (Å²) >= 11 is 0. The molecule has 104 valence electrons. The maximum absolute atomic E-state index is 14.0. The fourth-order valence-electron chi connectivity index (χ4n) is 2.18. The highest BCUT2D eigenvalue weighted by molar-refractivity contribution is 5.85. The van der Waals surface area contributed by atoms with E-state index in [9.17, 15) is 14.3 Å². The molecule has 0 bridgehead atoms. The van der Waals surface area contributed by atoms with Crippen molar-refractivity contribution >= 4 is 5.91 Å². The van der Waals surface area contributed by atoms with Crippen LogP contribution in [-0.2, 0) is 11.2 Å². The monoisotopic (exact) mass is 266 g/mol. The Bertz CT molecular complexity index is 419. The van der Waals surface area contributed by atoms with Gasteiger partial charge < -0.3 is 15.7 Å². The third-order valence-electron chi connectivity index (χ3n) is 3.32. The second-order valence-electron chi connectivity index (χ2n) is 4.95. The summed E-state index contributed by atoms with van der Waals surface area (Å²) in [7, 11) is 0. The number of nitrogens with one attached hydrogen (secondary N) is 2. The Morgan fingerprint density at radius 2 is 2.21 bits per heavy atom. The van der Waals surface area contributed by atoms with Gasteiger partial charge in [0, 0.05) is 25.9 Å². The van der Waals surface area contributed by atoms with Gasteiger partial charge in [0.1, 0.15) is 0 Å². The van der Waals surface area contributed by atoms with Crippen molar-refractivity contribution in [2.75, 3.05) is 19.6 Å². The molecular formula is C14H19FN2O2. The molecule has 2 atom stereocenters. The largest absolute Gasteiger partial charge is 0.391 e. The molecular weight excluding hydrogens is 247 g/mol. The molecule has 1 heterocycles. The average Bonchev–Trinajstić information content (AvgIpc) is 2.85. The summed E-state index contributed by atoms with van der Waals surface area (Å²) in [6, 6.07) is 9.49. The highest BCUT2D eigenvalue weighted by atomic mass is 19.1. The first kappa shape index (κ1) is 14.0. The predicted molar refractivity (Wildman–Crippen MR) is 70.5 cm³/mol. The summed E-state index contributed by atoms with van der Waals surface area (Å²) in [5.74, 6) is -0.635. The number of carbonyl (C=O) groups is 1. The molecule has 0 saturated carbocycles. The van der Waals surface area contributed by atoms with Gasteiger partial charge in [-0.2, -0.15) is 0 Å². The first-order chi connectivity index (χ1) is 9.10. The number of hydrogen-bond acceptors (Lipinski definition) is 3. The number of aliphatic hydroxyl groups excluding tert-OH is 1. The van der Waals surface area contributed by atoms with Crippen LogP contribution in [0.15, 0.2) is 30.3 Å². The summed E-state index contributed by atoms with van der Waals surface area (Å²) in [6.07, 6.45) is -0.0731. The van der Waals surface area contributed by atoms with E-state index in [1.54, 1.807) is 0 Å². The molecule has 0 aliphatic carbocycles. The molecule has 1 aliphatic heterocycles. The van der Waals surface area contributed by atoms with Crippen LogP contribution in [0.2, 0.25) is 0 Å². The molecule has 1 fully saturated rings. The summed E-state index contributed by atoms with van der Waals surface area (Å²) in [4.78, 5) is 11.7. The zero-order valence-electron chi connectivity index (χ0n) is 10.7. The molecule has 1 aromatic carbocycles. The minimum atomic E-state index is -1.83. The van der Waals surface area contributed by atoms with Gasteiger partial charge in [0.2, 0.25) is 5.67 Å². The van der Waals surface area contributed by atoms with E-state index >= 15 is 0 Å². The lowest BCUT2D eigenvalue weighted by Crippen LogP contribution is -2.47. The minimum absolute atomic E-state index is 0.0492. The molecule has 0 aromatic heterocycles. The first-order valence-electron chi connectivity index (χ1n) is 6.50. The van der Waals surface area contributed by atoms with E-state index in [0.717, 1.165) is 5.56 Å². The van der Waals surface area contributed by atoms with E-state index in [-0.39, 0.29) is 19.5 Å².